The third-order valence-electron chi connectivity index (χ3n) is 4.79. The molecule has 0 fully saturated rings. The average Bonchev–Trinajstić information content (AvgIpc) is 2.51. The van der Waals surface area contributed by atoms with Crippen LogP contribution in [-0.2, 0) is 11.2 Å². The van der Waals surface area contributed by atoms with Crippen molar-refractivity contribution in [2.24, 2.45) is 0 Å². The minimum atomic E-state index is -1.41. The molecule has 0 spiro atoms. The van der Waals surface area contributed by atoms with Crippen molar-refractivity contribution in [2.75, 3.05) is 0 Å². The third kappa shape index (κ3) is 3.45. The topological polar surface area (TPSA) is 97.0 Å². The van der Waals surface area contributed by atoms with Gasteiger partial charge in [-0.3, -0.25) is 4.79 Å². The molecule has 0 radical (unpaired) electrons. The van der Waals surface area contributed by atoms with E-state index in [9.17, 15) is 19.8 Å². The number of hydrogen-bond acceptors (Lipinski definition) is 6. The number of benzene rings is 1. The van der Waals surface area contributed by atoms with Crippen molar-refractivity contribution in [1.82, 2.24) is 0 Å². The van der Waals surface area contributed by atoms with Crippen molar-refractivity contribution < 1.29 is 24.2 Å². The molecular formula is C19H22O6. The number of rotatable bonds is 4. The second-order valence-corrected chi connectivity index (χ2v) is 7.37. The van der Waals surface area contributed by atoms with Crippen molar-refractivity contribution in [2.45, 2.75) is 57.3 Å². The SMILES string of the molecule is CC(C)(O)C(=O)CC[C@]1(C)Oc2cc3oc(=O)ccc3cc2C[C@H]1O. The van der Waals surface area contributed by atoms with E-state index in [4.69, 9.17) is 9.15 Å². The molecule has 25 heavy (non-hydrogen) atoms. The first-order valence-corrected chi connectivity index (χ1v) is 8.28. The lowest BCUT2D eigenvalue weighted by Crippen LogP contribution is -2.49. The molecule has 134 valence electrons. The fourth-order valence-corrected chi connectivity index (χ4v) is 3.03. The molecule has 0 aliphatic carbocycles. The molecule has 0 bridgehead atoms. The minimum absolute atomic E-state index is 0.0923. The van der Waals surface area contributed by atoms with Crippen molar-refractivity contribution in [3.63, 3.8) is 0 Å². The normalized spacial score (nSPS) is 23.2. The standard InChI is InChI=1S/C19H22O6/c1-18(2,23)15(20)6-7-19(3)16(21)9-12-8-11-4-5-17(22)24-13(11)10-14(12)25-19/h4-5,8,10,16,21,23H,6-7,9H2,1-3H3/t16-,19+/m1/s1. The molecule has 1 aromatic heterocycles. The van der Waals surface area contributed by atoms with Gasteiger partial charge in [0.1, 0.15) is 22.5 Å². The van der Waals surface area contributed by atoms with E-state index in [1.165, 1.54) is 19.9 Å². The number of Topliss-reactive ketones (excluding diaryl/α,β-unsaturated/α-hetero) is 1. The van der Waals surface area contributed by atoms with Crippen LogP contribution in [0.4, 0.5) is 0 Å². The van der Waals surface area contributed by atoms with Crippen LogP contribution in [-0.4, -0.2) is 33.3 Å². The minimum Gasteiger partial charge on any atom is -0.484 e. The lowest BCUT2D eigenvalue weighted by Gasteiger charge is -2.40. The second-order valence-electron chi connectivity index (χ2n) is 7.37. The summed E-state index contributed by atoms with van der Waals surface area (Å²) in [6, 6.07) is 6.50. The van der Waals surface area contributed by atoms with E-state index < -0.39 is 22.9 Å². The zero-order chi connectivity index (χ0) is 18.4. The van der Waals surface area contributed by atoms with Crippen LogP contribution in [0.1, 0.15) is 39.2 Å². The predicted octanol–water partition coefficient (Wildman–Crippen LogP) is 1.97. The summed E-state index contributed by atoms with van der Waals surface area (Å²) in [6.07, 6.45) is -0.0531. The largest absolute Gasteiger partial charge is 0.484 e. The molecule has 6 nitrogen and oxygen atoms in total. The first-order chi connectivity index (χ1) is 11.6. The highest BCUT2D eigenvalue weighted by Gasteiger charge is 2.41. The fourth-order valence-electron chi connectivity index (χ4n) is 3.03. The van der Waals surface area contributed by atoms with E-state index in [1.807, 2.05) is 6.07 Å². The van der Waals surface area contributed by atoms with Gasteiger partial charge in [0.05, 0.1) is 6.10 Å². The van der Waals surface area contributed by atoms with Crippen molar-refractivity contribution in [3.05, 3.63) is 40.2 Å². The Morgan fingerprint density at radius 3 is 2.76 bits per heavy atom. The van der Waals surface area contributed by atoms with Gasteiger partial charge >= 0.3 is 5.63 Å². The molecule has 1 aliphatic heterocycles. The maximum atomic E-state index is 12.0. The Morgan fingerprint density at radius 1 is 1.36 bits per heavy atom. The van der Waals surface area contributed by atoms with Crippen LogP contribution in [0, 0.1) is 0 Å². The number of fused-ring (bicyclic) bond motifs is 2. The van der Waals surface area contributed by atoms with Gasteiger partial charge in [-0.05, 0) is 44.9 Å². The van der Waals surface area contributed by atoms with E-state index in [0.29, 0.717) is 17.8 Å². The number of carbonyl (C=O) groups is 1. The van der Waals surface area contributed by atoms with Crippen molar-refractivity contribution in [1.29, 1.82) is 0 Å². The Labute approximate surface area is 145 Å². The van der Waals surface area contributed by atoms with Crippen LogP contribution >= 0.6 is 0 Å². The van der Waals surface area contributed by atoms with E-state index in [0.717, 1.165) is 10.9 Å². The molecule has 0 amide bonds. The van der Waals surface area contributed by atoms with Crippen LogP contribution in [0.3, 0.4) is 0 Å². The fraction of sp³-hybridized carbons (Fsp3) is 0.474. The number of hydrogen-bond donors (Lipinski definition) is 2. The Balaban J connectivity index is 1.88. The van der Waals surface area contributed by atoms with Crippen molar-refractivity contribution in [3.8, 4) is 5.75 Å². The van der Waals surface area contributed by atoms with Crippen LogP contribution < -0.4 is 10.4 Å². The van der Waals surface area contributed by atoms with Crippen LogP contribution in [0.15, 0.2) is 33.5 Å². The van der Waals surface area contributed by atoms with Gasteiger partial charge in [-0.2, -0.15) is 0 Å². The van der Waals surface area contributed by atoms with Crippen molar-refractivity contribution >= 4 is 16.8 Å². The molecule has 2 N–H and O–H groups in total. The summed E-state index contributed by atoms with van der Waals surface area (Å²) in [5.41, 5.74) is -1.58. The maximum absolute atomic E-state index is 12.0. The Bertz CT molecular complexity index is 876. The molecule has 1 aliphatic rings. The molecular weight excluding hydrogens is 324 g/mol. The summed E-state index contributed by atoms with van der Waals surface area (Å²) in [5.74, 6) is 0.227. The van der Waals surface area contributed by atoms with Crippen LogP contribution in [0.2, 0.25) is 0 Å². The molecule has 0 saturated heterocycles. The molecule has 2 aromatic rings. The molecule has 2 heterocycles. The van der Waals surface area contributed by atoms with Gasteiger partial charge in [-0.25, -0.2) is 4.79 Å². The van der Waals surface area contributed by atoms with E-state index in [2.05, 4.69) is 0 Å². The number of aliphatic hydroxyl groups excluding tert-OH is 1. The Hall–Kier alpha value is -2.18. The Kier molecular flexibility index (Phi) is 4.21. The van der Waals surface area contributed by atoms with Gasteiger partial charge in [0.25, 0.3) is 0 Å². The number of aliphatic hydroxyl groups is 2. The summed E-state index contributed by atoms with van der Waals surface area (Å²) in [6.45, 7) is 4.63. The quantitative estimate of drug-likeness (QED) is 0.822. The third-order valence-corrected chi connectivity index (χ3v) is 4.79. The van der Waals surface area contributed by atoms with Gasteiger partial charge in [0.15, 0.2) is 5.78 Å². The number of ketones is 1. The van der Waals surface area contributed by atoms with E-state index in [-0.39, 0.29) is 18.6 Å². The zero-order valence-electron chi connectivity index (χ0n) is 14.5. The lowest BCUT2D eigenvalue weighted by atomic mass is 9.84. The molecule has 1 aromatic carbocycles. The number of ether oxygens (including phenoxy) is 1. The van der Waals surface area contributed by atoms with Crippen LogP contribution in [0.25, 0.3) is 11.0 Å². The van der Waals surface area contributed by atoms with Gasteiger partial charge in [-0.15, -0.1) is 0 Å². The predicted molar refractivity (Wildman–Crippen MR) is 91.8 cm³/mol. The second kappa shape index (κ2) is 5.97. The van der Waals surface area contributed by atoms with Gasteiger partial charge in [0.2, 0.25) is 0 Å². The molecule has 3 rings (SSSR count). The van der Waals surface area contributed by atoms with E-state index in [1.54, 1.807) is 19.1 Å². The van der Waals surface area contributed by atoms with Gasteiger partial charge < -0.3 is 19.4 Å². The maximum Gasteiger partial charge on any atom is 0.336 e. The molecule has 0 saturated carbocycles. The van der Waals surface area contributed by atoms with Gasteiger partial charge in [-0.1, -0.05) is 0 Å². The summed E-state index contributed by atoms with van der Waals surface area (Å²) >= 11 is 0. The summed E-state index contributed by atoms with van der Waals surface area (Å²) in [4.78, 5) is 23.4. The molecule has 6 heteroatoms. The highest BCUT2D eigenvalue weighted by molar-refractivity contribution is 5.86. The molecule has 0 unspecified atom stereocenters. The highest BCUT2D eigenvalue weighted by Crippen LogP contribution is 2.38. The molecule has 2 atom stereocenters. The Morgan fingerprint density at radius 2 is 2.08 bits per heavy atom. The summed E-state index contributed by atoms with van der Waals surface area (Å²) in [5, 5.41) is 21.1. The van der Waals surface area contributed by atoms with Crippen LogP contribution in [0.5, 0.6) is 5.75 Å². The lowest BCUT2D eigenvalue weighted by molar-refractivity contribution is -0.136. The summed E-state index contributed by atoms with van der Waals surface area (Å²) < 4.78 is 11.2. The monoisotopic (exact) mass is 346 g/mol. The van der Waals surface area contributed by atoms with Gasteiger partial charge in [0, 0.05) is 30.4 Å². The first kappa shape index (κ1) is 17.6. The average molecular weight is 346 g/mol. The zero-order valence-corrected chi connectivity index (χ0v) is 14.5. The van der Waals surface area contributed by atoms with E-state index >= 15 is 0 Å². The highest BCUT2D eigenvalue weighted by atomic mass is 16.5. The first-order valence-electron chi connectivity index (χ1n) is 8.28. The number of carbonyl (C=O) groups excluding carboxylic acids is 1. The summed E-state index contributed by atoms with van der Waals surface area (Å²) in [7, 11) is 0. The smallest absolute Gasteiger partial charge is 0.336 e.